The van der Waals surface area contributed by atoms with Gasteiger partial charge in [-0.05, 0) is 54.5 Å². The number of benzene rings is 3. The van der Waals surface area contributed by atoms with Gasteiger partial charge < -0.3 is 14.2 Å². The van der Waals surface area contributed by atoms with Crippen molar-refractivity contribution in [2.24, 2.45) is 0 Å². The molecular weight excluding hydrogens is 466 g/mol. The molecule has 3 N–H and O–H groups in total. The highest BCUT2D eigenvalue weighted by Gasteiger charge is 2.14. The number of thiocarbonyl (C=S) groups is 1. The van der Waals surface area contributed by atoms with E-state index in [1.165, 1.54) is 0 Å². The van der Waals surface area contributed by atoms with Crippen molar-refractivity contribution in [1.29, 1.82) is 0 Å². The molecule has 3 aromatic carbocycles. The van der Waals surface area contributed by atoms with Crippen molar-refractivity contribution in [2.75, 3.05) is 26.4 Å². The molecule has 0 atom stereocenters. The van der Waals surface area contributed by atoms with Gasteiger partial charge in [-0.1, -0.05) is 54.6 Å². The molecule has 3 rings (SSSR count). The third kappa shape index (κ3) is 8.40. The highest BCUT2D eigenvalue weighted by atomic mass is 32.1. The SMILES string of the molecule is CCOCCOc1ccccc1C(=O)NC(=S)NNC(=O)COc1ccc(-c2ccccc2)cc1. The molecule has 0 fully saturated rings. The number of ether oxygens (including phenoxy) is 3. The number of hydrogen-bond acceptors (Lipinski definition) is 6. The molecule has 0 bridgehead atoms. The molecule has 0 aromatic heterocycles. The van der Waals surface area contributed by atoms with Crippen LogP contribution in [0.25, 0.3) is 11.1 Å². The van der Waals surface area contributed by atoms with Gasteiger partial charge >= 0.3 is 0 Å². The lowest BCUT2D eigenvalue weighted by molar-refractivity contribution is -0.123. The van der Waals surface area contributed by atoms with E-state index in [0.29, 0.717) is 36.9 Å². The van der Waals surface area contributed by atoms with E-state index >= 15 is 0 Å². The molecule has 35 heavy (non-hydrogen) atoms. The van der Waals surface area contributed by atoms with Crippen LogP contribution in [0.1, 0.15) is 17.3 Å². The van der Waals surface area contributed by atoms with Gasteiger partial charge in [-0.2, -0.15) is 0 Å². The monoisotopic (exact) mass is 493 g/mol. The zero-order chi connectivity index (χ0) is 24.9. The van der Waals surface area contributed by atoms with Crippen molar-refractivity contribution in [3.63, 3.8) is 0 Å². The fourth-order valence-electron chi connectivity index (χ4n) is 3.02. The molecule has 0 heterocycles. The Balaban J connectivity index is 1.41. The predicted octanol–water partition coefficient (Wildman–Crippen LogP) is 3.48. The van der Waals surface area contributed by atoms with Gasteiger partial charge in [-0.15, -0.1) is 0 Å². The summed E-state index contributed by atoms with van der Waals surface area (Å²) in [6, 6.07) is 24.1. The molecular formula is C26H27N3O5S. The van der Waals surface area contributed by atoms with Crippen LogP contribution in [0.2, 0.25) is 0 Å². The number of carbonyl (C=O) groups excluding carboxylic acids is 2. The number of carbonyl (C=O) groups is 2. The van der Waals surface area contributed by atoms with Gasteiger partial charge in [0, 0.05) is 6.61 Å². The van der Waals surface area contributed by atoms with E-state index in [9.17, 15) is 9.59 Å². The van der Waals surface area contributed by atoms with Crippen molar-refractivity contribution in [3.8, 4) is 22.6 Å². The first-order chi connectivity index (χ1) is 17.1. The maximum absolute atomic E-state index is 12.6. The number of hydrazine groups is 1. The molecule has 8 nitrogen and oxygen atoms in total. The highest BCUT2D eigenvalue weighted by molar-refractivity contribution is 7.80. The van der Waals surface area contributed by atoms with E-state index in [1.54, 1.807) is 36.4 Å². The summed E-state index contributed by atoms with van der Waals surface area (Å²) in [4.78, 5) is 24.7. The van der Waals surface area contributed by atoms with E-state index in [-0.39, 0.29) is 11.7 Å². The van der Waals surface area contributed by atoms with Gasteiger partial charge in [0.25, 0.3) is 11.8 Å². The van der Waals surface area contributed by atoms with Crippen LogP contribution in [0.15, 0.2) is 78.9 Å². The Morgan fingerprint density at radius 2 is 1.49 bits per heavy atom. The van der Waals surface area contributed by atoms with Gasteiger partial charge in [-0.25, -0.2) is 0 Å². The number of hydrogen-bond donors (Lipinski definition) is 3. The van der Waals surface area contributed by atoms with Crippen molar-refractivity contribution in [1.82, 2.24) is 16.2 Å². The largest absolute Gasteiger partial charge is 0.490 e. The quantitative estimate of drug-likeness (QED) is 0.226. The van der Waals surface area contributed by atoms with E-state index < -0.39 is 11.8 Å². The average molecular weight is 494 g/mol. The van der Waals surface area contributed by atoms with Crippen LogP contribution in [-0.4, -0.2) is 43.4 Å². The molecule has 2 amide bonds. The summed E-state index contributed by atoms with van der Waals surface area (Å²) in [6.07, 6.45) is 0. The number of rotatable bonds is 10. The first kappa shape index (κ1) is 25.7. The second-order valence-electron chi connectivity index (χ2n) is 7.18. The Hall–Kier alpha value is -3.95. The minimum Gasteiger partial charge on any atom is -0.490 e. The van der Waals surface area contributed by atoms with Gasteiger partial charge in [0.15, 0.2) is 11.7 Å². The highest BCUT2D eigenvalue weighted by Crippen LogP contribution is 2.22. The summed E-state index contributed by atoms with van der Waals surface area (Å²) in [7, 11) is 0. The Morgan fingerprint density at radius 1 is 0.800 bits per heavy atom. The summed E-state index contributed by atoms with van der Waals surface area (Å²) < 4.78 is 16.4. The van der Waals surface area contributed by atoms with Crippen LogP contribution in [0.5, 0.6) is 11.5 Å². The number of nitrogens with one attached hydrogen (secondary N) is 3. The minimum atomic E-state index is -0.474. The summed E-state index contributed by atoms with van der Waals surface area (Å²) in [5.41, 5.74) is 7.33. The van der Waals surface area contributed by atoms with Gasteiger partial charge in [0.1, 0.15) is 18.1 Å². The van der Waals surface area contributed by atoms with E-state index in [2.05, 4.69) is 16.2 Å². The van der Waals surface area contributed by atoms with Crippen LogP contribution >= 0.6 is 12.2 Å². The predicted molar refractivity (Wildman–Crippen MR) is 137 cm³/mol. The first-order valence-electron chi connectivity index (χ1n) is 11.0. The Bertz CT molecular complexity index is 1120. The Morgan fingerprint density at radius 3 is 2.23 bits per heavy atom. The molecule has 0 aliphatic heterocycles. The average Bonchev–Trinajstić information content (AvgIpc) is 2.89. The Labute approximate surface area is 209 Å². The molecule has 0 saturated carbocycles. The first-order valence-corrected chi connectivity index (χ1v) is 11.5. The summed E-state index contributed by atoms with van der Waals surface area (Å²) in [5, 5.41) is 2.43. The van der Waals surface area contributed by atoms with Gasteiger partial charge in [0.2, 0.25) is 0 Å². The molecule has 0 aliphatic rings. The number of para-hydroxylation sites is 1. The fraction of sp³-hybridized carbons (Fsp3) is 0.192. The van der Waals surface area contributed by atoms with Crippen LogP contribution in [0, 0.1) is 0 Å². The Kier molecular flexibility index (Phi) is 10.0. The lowest BCUT2D eigenvalue weighted by Gasteiger charge is -2.14. The third-order valence-electron chi connectivity index (χ3n) is 4.69. The smallest absolute Gasteiger partial charge is 0.276 e. The topological polar surface area (TPSA) is 97.9 Å². The second-order valence-corrected chi connectivity index (χ2v) is 7.59. The standard InChI is InChI=1S/C26H27N3O5S/c1-2-32-16-17-33-23-11-7-6-10-22(23)25(31)27-26(35)29-28-24(30)18-34-21-14-12-20(13-15-21)19-8-4-3-5-9-19/h3-15H,2,16-18H2,1H3,(H,28,30)(H2,27,29,31,35). The lowest BCUT2D eigenvalue weighted by atomic mass is 10.1. The van der Waals surface area contributed by atoms with Crippen molar-refractivity contribution in [2.45, 2.75) is 6.92 Å². The van der Waals surface area contributed by atoms with Crippen LogP contribution in [0.4, 0.5) is 0 Å². The second kappa shape index (κ2) is 13.7. The summed E-state index contributed by atoms with van der Waals surface area (Å²) >= 11 is 5.09. The minimum absolute atomic E-state index is 0.0697. The van der Waals surface area contributed by atoms with Gasteiger partial charge in [-0.3, -0.25) is 25.8 Å². The molecule has 0 spiro atoms. The molecule has 182 valence electrons. The van der Waals surface area contributed by atoms with Crippen molar-refractivity contribution < 1.29 is 23.8 Å². The lowest BCUT2D eigenvalue weighted by Crippen LogP contribution is -2.49. The maximum Gasteiger partial charge on any atom is 0.276 e. The van der Waals surface area contributed by atoms with Crippen LogP contribution < -0.4 is 25.6 Å². The van der Waals surface area contributed by atoms with Crippen molar-refractivity contribution in [3.05, 3.63) is 84.4 Å². The summed E-state index contributed by atoms with van der Waals surface area (Å²) in [5.74, 6) is 0.0202. The molecule has 3 aromatic rings. The zero-order valence-corrected chi connectivity index (χ0v) is 20.1. The molecule has 0 radical (unpaired) electrons. The summed E-state index contributed by atoms with van der Waals surface area (Å²) in [6.45, 7) is 2.97. The third-order valence-corrected chi connectivity index (χ3v) is 4.90. The zero-order valence-electron chi connectivity index (χ0n) is 19.3. The maximum atomic E-state index is 12.6. The molecule has 0 saturated heterocycles. The van der Waals surface area contributed by atoms with Crippen LogP contribution in [-0.2, 0) is 9.53 Å². The normalized spacial score (nSPS) is 10.2. The van der Waals surface area contributed by atoms with Crippen LogP contribution in [0.3, 0.4) is 0 Å². The van der Waals surface area contributed by atoms with E-state index in [0.717, 1.165) is 11.1 Å². The number of amides is 2. The molecule has 0 aliphatic carbocycles. The van der Waals surface area contributed by atoms with Gasteiger partial charge in [0.05, 0.1) is 12.2 Å². The van der Waals surface area contributed by atoms with E-state index in [4.69, 9.17) is 26.4 Å². The fourth-order valence-corrected chi connectivity index (χ4v) is 3.17. The van der Waals surface area contributed by atoms with Crippen molar-refractivity contribution >= 4 is 29.1 Å². The van der Waals surface area contributed by atoms with E-state index in [1.807, 2.05) is 49.4 Å². The molecule has 0 unspecified atom stereocenters. The molecule has 9 heteroatoms.